The second kappa shape index (κ2) is 4.88. The van der Waals surface area contributed by atoms with Gasteiger partial charge in [0.05, 0.1) is 6.04 Å². The number of aryl methyl sites for hydroxylation is 2. The maximum absolute atomic E-state index is 12.2. The van der Waals surface area contributed by atoms with Gasteiger partial charge in [0.15, 0.2) is 0 Å². The average Bonchev–Trinajstić information content (AvgIpc) is 2.70. The van der Waals surface area contributed by atoms with Crippen molar-refractivity contribution in [2.45, 2.75) is 32.7 Å². The number of hydrogen-bond acceptors (Lipinski definition) is 2. The van der Waals surface area contributed by atoms with Gasteiger partial charge in [0.2, 0.25) is 5.91 Å². The van der Waals surface area contributed by atoms with Crippen LogP contribution in [0.15, 0.2) is 18.2 Å². The van der Waals surface area contributed by atoms with E-state index >= 15 is 0 Å². The third-order valence-corrected chi connectivity index (χ3v) is 3.55. The number of nitrogens with zero attached hydrogens (tertiary/aromatic N) is 1. The summed E-state index contributed by atoms with van der Waals surface area (Å²) in [6.07, 6.45) is 2.08. The van der Waals surface area contributed by atoms with Crippen molar-refractivity contribution in [2.75, 3.05) is 18.9 Å². The van der Waals surface area contributed by atoms with Crippen LogP contribution in [0.2, 0.25) is 0 Å². The van der Waals surface area contributed by atoms with Gasteiger partial charge in [-0.05, 0) is 51.4 Å². The summed E-state index contributed by atoms with van der Waals surface area (Å²) in [5.41, 5.74) is 3.22. The molecule has 0 radical (unpaired) electrons. The number of amides is 1. The fourth-order valence-corrected chi connectivity index (χ4v) is 2.46. The molecule has 92 valence electrons. The van der Waals surface area contributed by atoms with Gasteiger partial charge in [0.1, 0.15) is 0 Å². The number of carbonyl (C=O) groups is 1. The minimum absolute atomic E-state index is 0.0361. The number of likely N-dealkylation sites (N-methyl/N-ethyl adjacent to an activating group) is 1. The predicted molar refractivity (Wildman–Crippen MR) is 70.2 cm³/mol. The van der Waals surface area contributed by atoms with E-state index in [1.807, 2.05) is 39.1 Å². The van der Waals surface area contributed by atoms with E-state index in [1.54, 1.807) is 0 Å². The second-order valence-electron chi connectivity index (χ2n) is 4.89. The highest BCUT2D eigenvalue weighted by atomic mass is 16.2. The largest absolute Gasteiger partial charge is 0.324 e. The summed E-state index contributed by atoms with van der Waals surface area (Å²) in [6.45, 7) is 5.08. The van der Waals surface area contributed by atoms with Crippen LogP contribution < -0.4 is 5.32 Å². The number of rotatable bonds is 2. The summed E-state index contributed by atoms with van der Waals surface area (Å²) < 4.78 is 0. The number of likely N-dealkylation sites (tertiary alicyclic amines) is 1. The quantitative estimate of drug-likeness (QED) is 0.848. The maximum atomic E-state index is 12.2. The van der Waals surface area contributed by atoms with E-state index < -0.39 is 0 Å². The highest BCUT2D eigenvalue weighted by Gasteiger charge is 2.28. The molecule has 0 bridgehead atoms. The first-order valence-corrected chi connectivity index (χ1v) is 6.17. The first-order chi connectivity index (χ1) is 8.09. The molecule has 17 heavy (non-hydrogen) atoms. The molecule has 1 saturated heterocycles. The maximum Gasteiger partial charge on any atom is 0.241 e. The Kier molecular flexibility index (Phi) is 3.48. The van der Waals surface area contributed by atoms with Crippen LogP contribution in [0.25, 0.3) is 0 Å². The lowest BCUT2D eigenvalue weighted by molar-refractivity contribution is -0.119. The molecular formula is C14H20N2O. The van der Waals surface area contributed by atoms with Crippen molar-refractivity contribution in [1.82, 2.24) is 4.90 Å². The molecule has 1 amide bonds. The minimum Gasteiger partial charge on any atom is -0.324 e. The molecule has 0 saturated carbocycles. The summed E-state index contributed by atoms with van der Waals surface area (Å²) in [5, 5.41) is 3.07. The summed E-state index contributed by atoms with van der Waals surface area (Å²) in [4.78, 5) is 14.3. The van der Waals surface area contributed by atoms with Gasteiger partial charge in [-0.1, -0.05) is 18.2 Å². The van der Waals surface area contributed by atoms with Crippen LogP contribution in [0.1, 0.15) is 24.0 Å². The Bertz CT molecular complexity index is 408. The zero-order chi connectivity index (χ0) is 12.4. The molecule has 3 nitrogen and oxygen atoms in total. The first kappa shape index (κ1) is 12.1. The van der Waals surface area contributed by atoms with E-state index in [9.17, 15) is 4.79 Å². The SMILES string of the molecule is Cc1cccc(C)c1NC(=O)C1CCCN1C. The average molecular weight is 232 g/mol. The van der Waals surface area contributed by atoms with E-state index in [4.69, 9.17) is 0 Å². The Morgan fingerprint density at radius 3 is 2.53 bits per heavy atom. The highest BCUT2D eigenvalue weighted by Crippen LogP contribution is 2.22. The van der Waals surface area contributed by atoms with Gasteiger partial charge < -0.3 is 5.32 Å². The van der Waals surface area contributed by atoms with Gasteiger partial charge >= 0.3 is 0 Å². The number of hydrogen-bond donors (Lipinski definition) is 1. The highest BCUT2D eigenvalue weighted by molar-refractivity contribution is 5.96. The van der Waals surface area contributed by atoms with Gasteiger partial charge in [-0.15, -0.1) is 0 Å². The van der Waals surface area contributed by atoms with Crippen molar-refractivity contribution >= 4 is 11.6 Å². The normalized spacial score (nSPS) is 20.5. The summed E-state index contributed by atoms with van der Waals surface area (Å²) >= 11 is 0. The molecule has 1 unspecified atom stereocenters. The first-order valence-electron chi connectivity index (χ1n) is 6.17. The molecule has 1 aliphatic heterocycles. The Morgan fingerprint density at radius 2 is 2.00 bits per heavy atom. The number of carbonyl (C=O) groups excluding carboxylic acids is 1. The van der Waals surface area contributed by atoms with Gasteiger partial charge in [-0.25, -0.2) is 0 Å². The third kappa shape index (κ3) is 2.50. The van der Waals surface area contributed by atoms with Crippen LogP contribution in [0.4, 0.5) is 5.69 Å². The fraction of sp³-hybridized carbons (Fsp3) is 0.500. The van der Waals surface area contributed by atoms with Crippen LogP contribution >= 0.6 is 0 Å². The van der Waals surface area contributed by atoms with E-state index in [2.05, 4.69) is 10.2 Å². The van der Waals surface area contributed by atoms with Gasteiger partial charge in [-0.3, -0.25) is 9.69 Å². The lowest BCUT2D eigenvalue weighted by Gasteiger charge is -2.20. The predicted octanol–water partition coefficient (Wildman–Crippen LogP) is 2.34. The molecule has 2 rings (SSSR count). The smallest absolute Gasteiger partial charge is 0.241 e. The molecule has 1 fully saturated rings. The number of benzene rings is 1. The van der Waals surface area contributed by atoms with Crippen LogP contribution in [0, 0.1) is 13.8 Å². The van der Waals surface area contributed by atoms with Crippen molar-refractivity contribution < 1.29 is 4.79 Å². The Hall–Kier alpha value is -1.35. The molecule has 1 aromatic carbocycles. The van der Waals surface area contributed by atoms with Crippen molar-refractivity contribution in [3.8, 4) is 0 Å². The van der Waals surface area contributed by atoms with Crippen molar-refractivity contribution in [3.63, 3.8) is 0 Å². The molecule has 0 aromatic heterocycles. The molecule has 1 aliphatic rings. The van der Waals surface area contributed by atoms with E-state index in [-0.39, 0.29) is 11.9 Å². The van der Waals surface area contributed by atoms with Gasteiger partial charge in [-0.2, -0.15) is 0 Å². The van der Waals surface area contributed by atoms with Crippen molar-refractivity contribution in [1.29, 1.82) is 0 Å². The Balaban J connectivity index is 2.13. The Labute approximate surface area is 103 Å². The zero-order valence-corrected chi connectivity index (χ0v) is 10.8. The van der Waals surface area contributed by atoms with Gasteiger partial charge in [0, 0.05) is 5.69 Å². The van der Waals surface area contributed by atoms with E-state index in [1.165, 1.54) is 0 Å². The molecule has 1 heterocycles. The van der Waals surface area contributed by atoms with Crippen molar-refractivity contribution in [3.05, 3.63) is 29.3 Å². The molecule has 3 heteroatoms. The lowest BCUT2D eigenvalue weighted by Crippen LogP contribution is -2.37. The Morgan fingerprint density at radius 1 is 1.35 bits per heavy atom. The summed E-state index contributed by atoms with van der Waals surface area (Å²) in [5.74, 6) is 0.127. The van der Waals surface area contributed by atoms with Crippen LogP contribution in [0.3, 0.4) is 0 Å². The van der Waals surface area contributed by atoms with E-state index in [0.717, 1.165) is 36.2 Å². The molecule has 0 spiro atoms. The number of nitrogens with one attached hydrogen (secondary N) is 1. The number of para-hydroxylation sites is 1. The summed E-state index contributed by atoms with van der Waals surface area (Å²) in [7, 11) is 2.02. The monoisotopic (exact) mass is 232 g/mol. The minimum atomic E-state index is 0.0361. The third-order valence-electron chi connectivity index (χ3n) is 3.55. The molecule has 1 N–H and O–H groups in total. The zero-order valence-electron chi connectivity index (χ0n) is 10.8. The van der Waals surface area contributed by atoms with Crippen LogP contribution in [0.5, 0.6) is 0 Å². The number of anilines is 1. The van der Waals surface area contributed by atoms with Crippen molar-refractivity contribution in [2.24, 2.45) is 0 Å². The fourth-order valence-electron chi connectivity index (χ4n) is 2.46. The lowest BCUT2D eigenvalue weighted by atomic mass is 10.1. The van der Waals surface area contributed by atoms with Gasteiger partial charge in [0.25, 0.3) is 0 Å². The van der Waals surface area contributed by atoms with E-state index in [0.29, 0.717) is 0 Å². The summed E-state index contributed by atoms with van der Waals surface area (Å²) in [6, 6.07) is 6.11. The van der Waals surface area contributed by atoms with Crippen LogP contribution in [-0.4, -0.2) is 30.4 Å². The molecule has 0 aliphatic carbocycles. The second-order valence-corrected chi connectivity index (χ2v) is 4.89. The molecule has 1 atom stereocenters. The topological polar surface area (TPSA) is 32.3 Å². The molecular weight excluding hydrogens is 212 g/mol. The standard InChI is InChI=1S/C14H20N2O/c1-10-6-4-7-11(2)13(10)15-14(17)12-8-5-9-16(12)3/h4,6-7,12H,5,8-9H2,1-3H3,(H,15,17). The molecule has 1 aromatic rings. The van der Waals surface area contributed by atoms with Crippen LogP contribution in [-0.2, 0) is 4.79 Å².